The van der Waals surface area contributed by atoms with Crippen LogP contribution in [0, 0.1) is 5.92 Å². The van der Waals surface area contributed by atoms with Crippen molar-refractivity contribution in [1.29, 1.82) is 0 Å². The molecule has 0 aliphatic carbocycles. The van der Waals surface area contributed by atoms with Gasteiger partial charge in [-0.05, 0) is 56.1 Å². The molecule has 1 aromatic carbocycles. The highest BCUT2D eigenvalue weighted by molar-refractivity contribution is 5.85. The Morgan fingerprint density at radius 2 is 2.00 bits per heavy atom. The minimum Gasteiger partial charge on any atom is -0.497 e. The van der Waals surface area contributed by atoms with Gasteiger partial charge in [0.25, 0.3) is 0 Å². The number of benzene rings is 1. The summed E-state index contributed by atoms with van der Waals surface area (Å²) in [5.74, 6) is 1.94. The molecule has 0 unspecified atom stereocenters. The second-order valence-electron chi connectivity index (χ2n) is 5.24. The Balaban J connectivity index is 0.00000242. The molecular weight excluding hydrogens is 304 g/mol. The van der Waals surface area contributed by atoms with Crippen LogP contribution in [0.2, 0.25) is 0 Å². The van der Waals surface area contributed by atoms with E-state index in [9.17, 15) is 4.79 Å². The first kappa shape index (κ1) is 18.6. The van der Waals surface area contributed by atoms with Gasteiger partial charge in [-0.1, -0.05) is 0 Å². The highest BCUT2D eigenvalue weighted by Gasteiger charge is 2.20. The van der Waals surface area contributed by atoms with E-state index in [1.54, 1.807) is 14.2 Å². The van der Waals surface area contributed by atoms with Crippen LogP contribution in [0.5, 0.6) is 11.5 Å². The fourth-order valence-corrected chi connectivity index (χ4v) is 2.63. The summed E-state index contributed by atoms with van der Waals surface area (Å²) in [6.45, 7) is 2.48. The third-order valence-electron chi connectivity index (χ3n) is 3.89. The lowest BCUT2D eigenvalue weighted by atomic mass is 9.97. The van der Waals surface area contributed by atoms with Crippen molar-refractivity contribution in [3.8, 4) is 11.5 Å². The molecule has 1 aliphatic rings. The van der Waals surface area contributed by atoms with Gasteiger partial charge in [-0.25, -0.2) is 0 Å². The van der Waals surface area contributed by atoms with Crippen LogP contribution in [0.3, 0.4) is 0 Å². The SMILES string of the molecule is COc1ccc(OC)c(CCNC(=O)C2CCNCC2)c1.Cl. The van der Waals surface area contributed by atoms with Crippen molar-refractivity contribution in [3.05, 3.63) is 23.8 Å². The molecule has 22 heavy (non-hydrogen) atoms. The maximum absolute atomic E-state index is 12.1. The van der Waals surface area contributed by atoms with Gasteiger partial charge in [0, 0.05) is 12.5 Å². The van der Waals surface area contributed by atoms with Gasteiger partial charge in [0.15, 0.2) is 0 Å². The van der Waals surface area contributed by atoms with Crippen molar-refractivity contribution in [2.45, 2.75) is 19.3 Å². The normalized spacial score (nSPS) is 14.8. The Morgan fingerprint density at radius 1 is 1.27 bits per heavy atom. The van der Waals surface area contributed by atoms with Crippen LogP contribution in [0.1, 0.15) is 18.4 Å². The first-order valence-electron chi connectivity index (χ1n) is 7.44. The molecule has 5 nitrogen and oxygen atoms in total. The molecule has 1 aliphatic heterocycles. The van der Waals surface area contributed by atoms with Gasteiger partial charge in [-0.15, -0.1) is 12.4 Å². The highest BCUT2D eigenvalue weighted by atomic mass is 35.5. The molecular formula is C16H25ClN2O3. The predicted molar refractivity (Wildman–Crippen MR) is 89.1 cm³/mol. The van der Waals surface area contributed by atoms with Crippen LogP contribution < -0.4 is 20.1 Å². The molecule has 6 heteroatoms. The molecule has 0 aromatic heterocycles. The minimum absolute atomic E-state index is 0. The average Bonchev–Trinajstić information content (AvgIpc) is 2.55. The van der Waals surface area contributed by atoms with E-state index in [1.807, 2.05) is 18.2 Å². The number of piperidine rings is 1. The first-order valence-corrected chi connectivity index (χ1v) is 7.44. The molecule has 2 rings (SSSR count). The molecule has 0 saturated carbocycles. The number of methoxy groups -OCH3 is 2. The summed E-state index contributed by atoms with van der Waals surface area (Å²) in [6, 6.07) is 5.72. The largest absolute Gasteiger partial charge is 0.497 e. The molecule has 1 saturated heterocycles. The number of halogens is 1. The fourth-order valence-electron chi connectivity index (χ4n) is 2.63. The van der Waals surface area contributed by atoms with E-state index in [2.05, 4.69) is 10.6 Å². The second kappa shape index (κ2) is 9.54. The summed E-state index contributed by atoms with van der Waals surface area (Å²) >= 11 is 0. The van der Waals surface area contributed by atoms with Gasteiger partial charge < -0.3 is 20.1 Å². The number of nitrogens with one attached hydrogen (secondary N) is 2. The van der Waals surface area contributed by atoms with Gasteiger partial charge in [-0.2, -0.15) is 0 Å². The Hall–Kier alpha value is -1.46. The number of ether oxygens (including phenoxy) is 2. The number of carbonyl (C=O) groups excluding carboxylic acids is 1. The van der Waals surface area contributed by atoms with Gasteiger partial charge in [0.05, 0.1) is 14.2 Å². The molecule has 1 aromatic rings. The number of amides is 1. The smallest absolute Gasteiger partial charge is 0.223 e. The summed E-state index contributed by atoms with van der Waals surface area (Å²) in [7, 11) is 3.30. The van der Waals surface area contributed by atoms with E-state index in [1.165, 1.54) is 0 Å². The summed E-state index contributed by atoms with van der Waals surface area (Å²) in [6.07, 6.45) is 2.58. The third-order valence-corrected chi connectivity index (χ3v) is 3.89. The molecule has 0 atom stereocenters. The number of hydrogen-bond acceptors (Lipinski definition) is 4. The molecule has 0 spiro atoms. The van der Waals surface area contributed by atoms with Crippen LogP contribution in [-0.4, -0.2) is 39.8 Å². The zero-order chi connectivity index (χ0) is 15.1. The summed E-state index contributed by atoms with van der Waals surface area (Å²) in [4.78, 5) is 12.1. The maximum atomic E-state index is 12.1. The molecule has 1 amide bonds. The van der Waals surface area contributed by atoms with E-state index < -0.39 is 0 Å². The van der Waals surface area contributed by atoms with Crippen molar-refractivity contribution in [2.24, 2.45) is 5.92 Å². The van der Waals surface area contributed by atoms with Gasteiger partial charge in [0.1, 0.15) is 11.5 Å². The molecule has 0 radical (unpaired) electrons. The molecule has 124 valence electrons. The molecule has 0 bridgehead atoms. The van der Waals surface area contributed by atoms with Crippen LogP contribution >= 0.6 is 12.4 Å². The maximum Gasteiger partial charge on any atom is 0.223 e. The Labute approximate surface area is 138 Å². The lowest BCUT2D eigenvalue weighted by Gasteiger charge is -2.21. The van der Waals surface area contributed by atoms with Crippen LogP contribution in [0.4, 0.5) is 0 Å². The third kappa shape index (κ3) is 5.07. The van der Waals surface area contributed by atoms with E-state index >= 15 is 0 Å². The lowest BCUT2D eigenvalue weighted by Crippen LogP contribution is -2.38. The van der Waals surface area contributed by atoms with Crippen molar-refractivity contribution in [2.75, 3.05) is 33.9 Å². The monoisotopic (exact) mass is 328 g/mol. The van der Waals surface area contributed by atoms with Crippen molar-refractivity contribution in [3.63, 3.8) is 0 Å². The van der Waals surface area contributed by atoms with Crippen LogP contribution in [0.15, 0.2) is 18.2 Å². The number of carbonyl (C=O) groups is 1. The summed E-state index contributed by atoms with van der Waals surface area (Å²) in [5.41, 5.74) is 1.04. The quantitative estimate of drug-likeness (QED) is 0.836. The summed E-state index contributed by atoms with van der Waals surface area (Å²) < 4.78 is 10.6. The van der Waals surface area contributed by atoms with E-state index in [-0.39, 0.29) is 24.2 Å². The average molecular weight is 329 g/mol. The standard InChI is InChI=1S/C16H24N2O3.ClH/c1-20-14-3-4-15(21-2)13(11-14)7-10-18-16(19)12-5-8-17-9-6-12;/h3-4,11-12,17H,5-10H2,1-2H3,(H,18,19);1H. The van der Waals surface area contributed by atoms with Gasteiger partial charge in [-0.3, -0.25) is 4.79 Å². The van der Waals surface area contributed by atoms with E-state index in [4.69, 9.17) is 9.47 Å². The van der Waals surface area contributed by atoms with Crippen LogP contribution in [0.25, 0.3) is 0 Å². The van der Waals surface area contributed by atoms with Crippen molar-refractivity contribution >= 4 is 18.3 Å². The Morgan fingerprint density at radius 3 is 2.64 bits per heavy atom. The van der Waals surface area contributed by atoms with E-state index in [0.29, 0.717) is 6.54 Å². The Bertz CT molecular complexity index is 476. The van der Waals surface area contributed by atoms with E-state index in [0.717, 1.165) is 49.4 Å². The van der Waals surface area contributed by atoms with Gasteiger partial charge in [0.2, 0.25) is 5.91 Å². The van der Waals surface area contributed by atoms with Crippen molar-refractivity contribution in [1.82, 2.24) is 10.6 Å². The molecule has 1 heterocycles. The van der Waals surface area contributed by atoms with Crippen molar-refractivity contribution < 1.29 is 14.3 Å². The zero-order valence-corrected chi connectivity index (χ0v) is 14.0. The zero-order valence-electron chi connectivity index (χ0n) is 13.2. The summed E-state index contributed by atoms with van der Waals surface area (Å²) in [5, 5.41) is 6.30. The first-order chi connectivity index (χ1) is 10.2. The number of hydrogen-bond donors (Lipinski definition) is 2. The Kier molecular flexibility index (Phi) is 8.06. The molecule has 1 fully saturated rings. The van der Waals surface area contributed by atoms with Crippen LogP contribution in [-0.2, 0) is 11.2 Å². The number of rotatable bonds is 6. The second-order valence-corrected chi connectivity index (χ2v) is 5.24. The highest BCUT2D eigenvalue weighted by Crippen LogP contribution is 2.24. The topological polar surface area (TPSA) is 59.6 Å². The van der Waals surface area contributed by atoms with Gasteiger partial charge >= 0.3 is 0 Å². The molecule has 2 N–H and O–H groups in total. The lowest BCUT2D eigenvalue weighted by molar-refractivity contribution is -0.125. The minimum atomic E-state index is 0. The predicted octanol–water partition coefficient (Wildman–Crippen LogP) is 1.78. The fraction of sp³-hybridized carbons (Fsp3) is 0.562.